The van der Waals surface area contributed by atoms with Crippen molar-refractivity contribution in [2.75, 3.05) is 32.1 Å². The van der Waals surface area contributed by atoms with Crippen molar-refractivity contribution in [3.05, 3.63) is 36.7 Å². The molecule has 1 N–H and O–H groups in total. The molecule has 2 aromatic heterocycles. The second kappa shape index (κ2) is 8.58. The first-order valence-corrected chi connectivity index (χ1v) is 9.88. The summed E-state index contributed by atoms with van der Waals surface area (Å²) in [5, 5.41) is 16.4. The van der Waals surface area contributed by atoms with E-state index in [2.05, 4.69) is 20.6 Å². The van der Waals surface area contributed by atoms with Crippen molar-refractivity contribution in [3.63, 3.8) is 0 Å². The number of esters is 1. The van der Waals surface area contributed by atoms with E-state index in [9.17, 15) is 9.59 Å². The highest BCUT2D eigenvalue weighted by atomic mass is 16.5. The first-order valence-electron chi connectivity index (χ1n) is 9.88. The van der Waals surface area contributed by atoms with E-state index in [0.29, 0.717) is 31.7 Å². The number of rotatable bonds is 5. The largest absolute Gasteiger partial charge is 0.468 e. The minimum Gasteiger partial charge on any atom is -0.468 e. The van der Waals surface area contributed by atoms with E-state index in [1.54, 1.807) is 4.68 Å². The molecular formula is C21H24N6O3. The number of carbonyl (C=O) groups is 2. The van der Waals surface area contributed by atoms with Crippen LogP contribution in [-0.4, -0.2) is 63.5 Å². The zero-order valence-corrected chi connectivity index (χ0v) is 17.0. The van der Waals surface area contributed by atoms with Crippen LogP contribution in [0.3, 0.4) is 0 Å². The second-order valence-electron chi connectivity index (χ2n) is 7.52. The van der Waals surface area contributed by atoms with Gasteiger partial charge in [-0.1, -0.05) is 6.07 Å². The zero-order valence-electron chi connectivity index (χ0n) is 17.0. The number of ether oxygens (including phenoxy) is 1. The molecular weight excluding hydrogens is 384 g/mol. The van der Waals surface area contributed by atoms with E-state index in [0.717, 1.165) is 22.0 Å². The van der Waals surface area contributed by atoms with Gasteiger partial charge in [0, 0.05) is 30.1 Å². The third kappa shape index (κ3) is 4.46. The molecule has 3 aromatic rings. The van der Waals surface area contributed by atoms with E-state index >= 15 is 0 Å². The van der Waals surface area contributed by atoms with Crippen LogP contribution in [0.1, 0.15) is 12.8 Å². The summed E-state index contributed by atoms with van der Waals surface area (Å²) >= 11 is 0. The molecule has 1 amide bonds. The SMILES string of the molecule is COC(=O)CN1CCC(C(=O)Nc2cc3cc(-c4cnn(C)c4)ccc3nn2)CC1. The quantitative estimate of drug-likeness (QED) is 0.643. The van der Waals surface area contributed by atoms with E-state index in [-0.39, 0.29) is 24.3 Å². The third-order valence-corrected chi connectivity index (χ3v) is 5.41. The molecule has 1 fully saturated rings. The summed E-state index contributed by atoms with van der Waals surface area (Å²) in [4.78, 5) is 26.1. The molecule has 0 aliphatic carbocycles. The number of amides is 1. The van der Waals surface area contributed by atoms with E-state index in [1.807, 2.05) is 48.6 Å². The van der Waals surface area contributed by atoms with E-state index < -0.39 is 0 Å². The summed E-state index contributed by atoms with van der Waals surface area (Å²) in [5.41, 5.74) is 2.80. The molecule has 3 heterocycles. The van der Waals surface area contributed by atoms with Crippen LogP contribution in [0.2, 0.25) is 0 Å². The Morgan fingerprint density at radius 3 is 2.67 bits per heavy atom. The molecule has 0 bridgehead atoms. The summed E-state index contributed by atoms with van der Waals surface area (Å²) < 4.78 is 6.46. The average Bonchev–Trinajstić information content (AvgIpc) is 3.20. The first-order chi connectivity index (χ1) is 14.5. The number of nitrogens with zero attached hydrogens (tertiary/aromatic N) is 5. The molecule has 1 saturated heterocycles. The Labute approximate surface area is 174 Å². The van der Waals surface area contributed by atoms with Crippen LogP contribution in [0.5, 0.6) is 0 Å². The van der Waals surface area contributed by atoms with Crippen molar-refractivity contribution in [1.82, 2.24) is 24.9 Å². The number of hydrogen-bond acceptors (Lipinski definition) is 7. The Balaban J connectivity index is 1.42. The number of fused-ring (bicyclic) bond motifs is 1. The van der Waals surface area contributed by atoms with Gasteiger partial charge in [0.25, 0.3) is 0 Å². The normalized spacial score (nSPS) is 15.3. The van der Waals surface area contributed by atoms with Crippen LogP contribution in [0.25, 0.3) is 22.0 Å². The Morgan fingerprint density at radius 1 is 1.17 bits per heavy atom. The number of anilines is 1. The Hall–Kier alpha value is -3.33. The Kier molecular flexibility index (Phi) is 5.71. The Bertz CT molecular complexity index is 1070. The van der Waals surface area contributed by atoms with Gasteiger partial charge in [0.2, 0.25) is 5.91 Å². The van der Waals surface area contributed by atoms with E-state index in [1.165, 1.54) is 7.11 Å². The number of likely N-dealkylation sites (tertiary alicyclic amines) is 1. The van der Waals surface area contributed by atoms with Gasteiger partial charge in [-0.2, -0.15) is 5.10 Å². The van der Waals surface area contributed by atoms with Crippen molar-refractivity contribution < 1.29 is 14.3 Å². The molecule has 0 unspecified atom stereocenters. The van der Waals surface area contributed by atoms with Crippen LogP contribution in [-0.2, 0) is 21.4 Å². The lowest BCUT2D eigenvalue weighted by atomic mass is 9.96. The minimum atomic E-state index is -0.255. The smallest absolute Gasteiger partial charge is 0.319 e. The predicted molar refractivity (Wildman–Crippen MR) is 112 cm³/mol. The monoisotopic (exact) mass is 408 g/mol. The lowest BCUT2D eigenvalue weighted by Crippen LogP contribution is -2.40. The highest BCUT2D eigenvalue weighted by molar-refractivity contribution is 5.94. The number of piperidine rings is 1. The molecule has 156 valence electrons. The maximum absolute atomic E-state index is 12.7. The third-order valence-electron chi connectivity index (χ3n) is 5.41. The van der Waals surface area contributed by atoms with Crippen LogP contribution in [0.15, 0.2) is 36.7 Å². The number of benzene rings is 1. The molecule has 30 heavy (non-hydrogen) atoms. The molecule has 0 spiro atoms. The van der Waals surface area contributed by atoms with Crippen LogP contribution >= 0.6 is 0 Å². The number of carbonyl (C=O) groups excluding carboxylic acids is 2. The molecule has 0 atom stereocenters. The maximum Gasteiger partial charge on any atom is 0.319 e. The molecule has 0 saturated carbocycles. The Morgan fingerprint density at radius 2 is 1.97 bits per heavy atom. The average molecular weight is 408 g/mol. The molecule has 1 aliphatic heterocycles. The lowest BCUT2D eigenvalue weighted by molar-refractivity contribution is -0.142. The second-order valence-corrected chi connectivity index (χ2v) is 7.52. The highest BCUT2D eigenvalue weighted by Crippen LogP contribution is 2.25. The zero-order chi connectivity index (χ0) is 21.1. The van der Waals surface area contributed by atoms with Gasteiger partial charge < -0.3 is 10.1 Å². The molecule has 0 radical (unpaired) electrons. The fourth-order valence-corrected chi connectivity index (χ4v) is 3.68. The molecule has 1 aliphatic rings. The molecule has 9 heteroatoms. The maximum atomic E-state index is 12.7. The van der Waals surface area contributed by atoms with Gasteiger partial charge in [0.05, 0.1) is 25.4 Å². The van der Waals surface area contributed by atoms with Crippen molar-refractivity contribution in [2.24, 2.45) is 13.0 Å². The van der Waals surface area contributed by atoms with Crippen LogP contribution in [0.4, 0.5) is 5.82 Å². The molecule has 9 nitrogen and oxygen atoms in total. The number of hydrogen-bond donors (Lipinski definition) is 1. The topological polar surface area (TPSA) is 102 Å². The summed E-state index contributed by atoms with van der Waals surface area (Å²) in [6, 6.07) is 7.75. The van der Waals surface area contributed by atoms with Gasteiger partial charge in [-0.3, -0.25) is 19.2 Å². The first kappa shape index (κ1) is 20.0. The fraction of sp³-hybridized carbons (Fsp3) is 0.381. The molecule has 1 aromatic carbocycles. The number of nitrogens with one attached hydrogen (secondary N) is 1. The van der Waals surface area contributed by atoms with Gasteiger partial charge >= 0.3 is 5.97 Å². The predicted octanol–water partition coefficient (Wildman–Crippen LogP) is 1.85. The summed E-state index contributed by atoms with van der Waals surface area (Å²) in [6.07, 6.45) is 5.14. The van der Waals surface area contributed by atoms with Crippen LogP contribution < -0.4 is 5.32 Å². The van der Waals surface area contributed by atoms with Gasteiger partial charge in [0.1, 0.15) is 0 Å². The van der Waals surface area contributed by atoms with E-state index in [4.69, 9.17) is 4.74 Å². The minimum absolute atomic E-state index is 0.0650. The van der Waals surface area contributed by atoms with Gasteiger partial charge in [0.15, 0.2) is 5.82 Å². The van der Waals surface area contributed by atoms with Crippen molar-refractivity contribution in [2.45, 2.75) is 12.8 Å². The highest BCUT2D eigenvalue weighted by Gasteiger charge is 2.26. The molecule has 4 rings (SSSR count). The van der Waals surface area contributed by atoms with Gasteiger partial charge in [-0.25, -0.2) is 0 Å². The van der Waals surface area contributed by atoms with Gasteiger partial charge in [-0.05, 0) is 49.7 Å². The van der Waals surface area contributed by atoms with Crippen molar-refractivity contribution in [3.8, 4) is 11.1 Å². The number of aryl methyl sites for hydroxylation is 1. The summed E-state index contributed by atoms with van der Waals surface area (Å²) in [5.74, 6) is 0.00530. The summed E-state index contributed by atoms with van der Waals surface area (Å²) in [6.45, 7) is 1.64. The van der Waals surface area contributed by atoms with Crippen molar-refractivity contribution in [1.29, 1.82) is 0 Å². The number of methoxy groups -OCH3 is 1. The standard InChI is InChI=1S/C21H24N6O3/c1-26-12-17(11-22-26)15-3-4-18-16(9-15)10-19(25-24-18)23-21(29)14-5-7-27(8-6-14)13-20(28)30-2/h3-4,9-12,14H,5-8,13H2,1-2H3,(H,23,25,29). The van der Waals surface area contributed by atoms with Gasteiger partial charge in [-0.15, -0.1) is 10.2 Å². The fourth-order valence-electron chi connectivity index (χ4n) is 3.68. The summed E-state index contributed by atoms with van der Waals surface area (Å²) in [7, 11) is 3.26. The lowest BCUT2D eigenvalue weighted by Gasteiger charge is -2.30. The number of aromatic nitrogens is 4. The van der Waals surface area contributed by atoms with Crippen LogP contribution in [0, 0.1) is 5.92 Å². The van der Waals surface area contributed by atoms with Crippen molar-refractivity contribution >= 4 is 28.6 Å².